The highest BCUT2D eigenvalue weighted by Gasteiger charge is 2.37. The van der Waals surface area contributed by atoms with E-state index in [2.05, 4.69) is 60.6 Å². The molecule has 1 aromatic rings. The van der Waals surface area contributed by atoms with Gasteiger partial charge < -0.3 is 14.2 Å². The average molecular weight is 502 g/mol. The molecule has 35 heavy (non-hydrogen) atoms. The summed E-state index contributed by atoms with van der Waals surface area (Å²) in [5, 5.41) is 4.27. The fourth-order valence-corrected chi connectivity index (χ4v) is 4.37. The van der Waals surface area contributed by atoms with Crippen molar-refractivity contribution in [3.8, 4) is 0 Å². The molecule has 0 aliphatic carbocycles. The lowest BCUT2D eigenvalue weighted by molar-refractivity contribution is 0.0834. The van der Waals surface area contributed by atoms with Crippen LogP contribution in [-0.2, 0) is 15.9 Å². The van der Waals surface area contributed by atoms with E-state index in [1.54, 1.807) is 18.3 Å². The first kappa shape index (κ1) is 27.2. The van der Waals surface area contributed by atoms with E-state index in [9.17, 15) is 0 Å². The molecule has 0 unspecified atom stereocenters. The first-order chi connectivity index (χ1) is 16.5. The smallest absolute Gasteiger partial charge is 0.225 e. The van der Waals surface area contributed by atoms with Gasteiger partial charge in [0.2, 0.25) is 5.96 Å². The highest BCUT2D eigenvalue weighted by Crippen LogP contribution is 2.37. The number of aliphatic imine (C=N–C) groups is 2. The van der Waals surface area contributed by atoms with Crippen LogP contribution in [0.4, 0.5) is 4.39 Å². The third kappa shape index (κ3) is 7.08. The van der Waals surface area contributed by atoms with Crippen molar-refractivity contribution in [1.29, 1.82) is 0 Å². The molecule has 2 aliphatic heterocycles. The number of rotatable bonds is 9. The van der Waals surface area contributed by atoms with Crippen LogP contribution in [0.2, 0.25) is 18.1 Å². The zero-order valence-corrected chi connectivity index (χ0v) is 23.1. The van der Waals surface area contributed by atoms with E-state index in [0.717, 1.165) is 25.3 Å². The van der Waals surface area contributed by atoms with Gasteiger partial charge in [-0.25, -0.2) is 14.4 Å². The summed E-state index contributed by atoms with van der Waals surface area (Å²) < 4.78 is 21.5. The molecule has 2 heterocycles. The third-order valence-corrected chi connectivity index (χ3v) is 11.6. The van der Waals surface area contributed by atoms with E-state index in [-0.39, 0.29) is 17.5 Å². The average Bonchev–Trinajstić information content (AvgIpc) is 2.73. The number of oxime groups is 1. The second-order valence-electron chi connectivity index (χ2n) is 10.8. The Kier molecular flexibility index (Phi) is 9.01. The third-order valence-electron chi connectivity index (χ3n) is 7.08. The van der Waals surface area contributed by atoms with Crippen LogP contribution in [0.15, 0.2) is 39.5 Å². The second-order valence-corrected chi connectivity index (χ2v) is 15.6. The number of hydrogen-bond donors (Lipinski definition) is 0. The van der Waals surface area contributed by atoms with Gasteiger partial charge >= 0.3 is 0 Å². The molecule has 0 radical (unpaired) electrons. The van der Waals surface area contributed by atoms with Crippen LogP contribution in [0.5, 0.6) is 0 Å². The summed E-state index contributed by atoms with van der Waals surface area (Å²) in [6, 6.07) is 5.40. The van der Waals surface area contributed by atoms with Crippen molar-refractivity contribution in [2.75, 3.05) is 39.3 Å². The normalized spacial score (nSPS) is 17.7. The second kappa shape index (κ2) is 11.6. The molecule has 2 fully saturated rings. The van der Waals surface area contributed by atoms with Crippen LogP contribution < -0.4 is 0 Å². The minimum absolute atomic E-state index is 0.0709. The van der Waals surface area contributed by atoms with Crippen molar-refractivity contribution in [2.24, 2.45) is 15.1 Å². The van der Waals surface area contributed by atoms with E-state index in [1.807, 2.05) is 17.9 Å². The highest BCUT2D eigenvalue weighted by molar-refractivity contribution is 6.74. The lowest BCUT2D eigenvalue weighted by Crippen LogP contribution is -2.50. The molecular formula is C26H40FN5O2Si. The number of hydrogen-bond acceptors (Lipinski definition) is 5. The van der Waals surface area contributed by atoms with Crippen LogP contribution in [0.3, 0.4) is 0 Å². The summed E-state index contributed by atoms with van der Waals surface area (Å²) in [7, 11) is -1.97. The Bertz CT molecular complexity index is 988. The van der Waals surface area contributed by atoms with Gasteiger partial charge in [-0.3, -0.25) is 4.90 Å². The number of guanidine groups is 1. The largest absolute Gasteiger partial charge is 0.412 e. The molecule has 0 bridgehead atoms. The maximum Gasteiger partial charge on any atom is 0.225 e. The van der Waals surface area contributed by atoms with Gasteiger partial charge in [0, 0.05) is 23.9 Å². The van der Waals surface area contributed by atoms with Gasteiger partial charge in [-0.2, -0.15) is 0 Å². The number of benzene rings is 1. The lowest BCUT2D eigenvalue weighted by Gasteiger charge is -2.36. The summed E-state index contributed by atoms with van der Waals surface area (Å²) >= 11 is 0. The Hall–Kier alpha value is -2.36. The fraction of sp³-hybridized carbons (Fsp3) is 0.577. The van der Waals surface area contributed by atoms with Gasteiger partial charge in [-0.1, -0.05) is 44.1 Å². The van der Waals surface area contributed by atoms with Crippen molar-refractivity contribution >= 4 is 32.3 Å². The van der Waals surface area contributed by atoms with Crippen molar-refractivity contribution in [3.05, 3.63) is 41.3 Å². The molecule has 0 saturated carbocycles. The molecule has 1 aromatic carbocycles. The van der Waals surface area contributed by atoms with E-state index < -0.39 is 8.32 Å². The van der Waals surface area contributed by atoms with Crippen molar-refractivity contribution < 1.29 is 13.7 Å². The monoisotopic (exact) mass is 501 g/mol. The molecule has 0 aromatic heterocycles. The quantitative estimate of drug-likeness (QED) is 0.154. The van der Waals surface area contributed by atoms with Gasteiger partial charge in [0.15, 0.2) is 8.32 Å². The summed E-state index contributed by atoms with van der Waals surface area (Å²) in [4.78, 5) is 18.2. The van der Waals surface area contributed by atoms with E-state index in [4.69, 9.17) is 9.26 Å². The predicted octanol–water partition coefficient (Wildman–Crippen LogP) is 5.16. The van der Waals surface area contributed by atoms with E-state index >= 15 is 4.39 Å². The lowest BCUT2D eigenvalue weighted by atomic mass is 10.0. The molecule has 2 saturated heterocycles. The molecule has 0 N–H and O–H groups in total. The Balaban J connectivity index is 1.58. The number of likely N-dealkylation sites (tertiary alicyclic amines) is 2. The van der Waals surface area contributed by atoms with Gasteiger partial charge in [-0.15, -0.1) is 0 Å². The van der Waals surface area contributed by atoms with E-state index in [1.165, 1.54) is 6.42 Å². The van der Waals surface area contributed by atoms with Gasteiger partial charge in [0.1, 0.15) is 12.4 Å². The minimum Gasteiger partial charge on any atom is -0.412 e. The van der Waals surface area contributed by atoms with Gasteiger partial charge in [0.05, 0.1) is 25.4 Å². The Morgan fingerprint density at radius 3 is 2.54 bits per heavy atom. The Morgan fingerprint density at radius 2 is 1.94 bits per heavy atom. The topological polar surface area (TPSA) is 62.0 Å². The molecule has 192 valence electrons. The molecule has 0 amide bonds. The maximum atomic E-state index is 15.3. The summed E-state index contributed by atoms with van der Waals surface area (Å²) in [6.07, 6.45) is 2.91. The van der Waals surface area contributed by atoms with Crippen molar-refractivity contribution in [2.45, 2.75) is 58.9 Å². The molecular weight excluding hydrogens is 461 g/mol. The summed E-state index contributed by atoms with van der Waals surface area (Å²) in [6.45, 7) is 21.7. The van der Waals surface area contributed by atoms with Crippen LogP contribution in [-0.4, -0.2) is 75.8 Å². The van der Waals surface area contributed by atoms with Gasteiger partial charge in [0.25, 0.3) is 0 Å². The molecule has 2 aliphatic rings. The highest BCUT2D eigenvalue weighted by atomic mass is 28.4. The van der Waals surface area contributed by atoms with Gasteiger partial charge in [-0.05, 0) is 56.9 Å². The zero-order valence-electron chi connectivity index (χ0n) is 22.1. The minimum atomic E-state index is -1.97. The van der Waals surface area contributed by atoms with Crippen LogP contribution in [0.25, 0.3) is 5.57 Å². The first-order valence-corrected chi connectivity index (χ1v) is 15.2. The van der Waals surface area contributed by atoms with Crippen LogP contribution in [0.1, 0.15) is 45.2 Å². The Labute approximate surface area is 210 Å². The standard InChI is InChI=1S/C26H40FN5O2Si/c1-20(23-11-8-10-21(24(23)27)19-34-35(6,7)26(2,3)4)16-29-25(28-5)32-17-22(18-32)30-33-15-14-31-12-9-13-31/h8,10-11,16H,5,9,12-15,17-19H2,1-4,6-7H3/b20-16+,29-25+. The number of halogens is 1. The first-order valence-electron chi connectivity index (χ1n) is 12.3. The zero-order chi connectivity index (χ0) is 25.6. The maximum absolute atomic E-state index is 15.3. The fourth-order valence-electron chi connectivity index (χ4n) is 3.42. The van der Waals surface area contributed by atoms with Crippen molar-refractivity contribution in [1.82, 2.24) is 9.80 Å². The Morgan fingerprint density at radius 1 is 1.23 bits per heavy atom. The van der Waals surface area contributed by atoms with E-state index in [0.29, 0.717) is 42.4 Å². The molecule has 7 nitrogen and oxygen atoms in total. The summed E-state index contributed by atoms with van der Waals surface area (Å²) in [5.41, 5.74) is 2.73. The predicted molar refractivity (Wildman–Crippen MR) is 145 cm³/mol. The van der Waals surface area contributed by atoms with Crippen molar-refractivity contribution in [3.63, 3.8) is 0 Å². The molecule has 9 heteroatoms. The van der Waals surface area contributed by atoms with Crippen LogP contribution >= 0.6 is 0 Å². The number of allylic oxidation sites excluding steroid dienone is 1. The van der Waals surface area contributed by atoms with Crippen LogP contribution in [0, 0.1) is 5.82 Å². The molecule has 3 rings (SSSR count). The summed E-state index contributed by atoms with van der Waals surface area (Å²) in [5.74, 6) is 0.221. The SMILES string of the molecule is C=N/C(=N\C=C(/C)c1cccc(CO[Si](C)(C)C(C)(C)C)c1F)N1CC(=NOCCN2CCC2)C1. The number of nitrogens with zero attached hydrogens (tertiary/aromatic N) is 5. The molecule has 0 atom stereocenters. The molecule has 0 spiro atoms.